The first-order valence-corrected chi connectivity index (χ1v) is 19.9. The number of ketones is 1. The van der Waals surface area contributed by atoms with Gasteiger partial charge in [-0.2, -0.15) is 0 Å². The number of fused-ring (bicyclic) bond motifs is 4. The lowest BCUT2D eigenvalue weighted by atomic mass is 9.73. The van der Waals surface area contributed by atoms with Crippen molar-refractivity contribution in [2.45, 2.75) is 51.9 Å². The van der Waals surface area contributed by atoms with Crippen LogP contribution in [0.15, 0.2) is 78.9 Å². The van der Waals surface area contributed by atoms with Gasteiger partial charge in [0, 0.05) is 72.1 Å². The van der Waals surface area contributed by atoms with Crippen LogP contribution < -0.4 is 15.1 Å². The predicted molar refractivity (Wildman–Crippen MR) is 216 cm³/mol. The Bertz CT molecular complexity index is 2400. The molecule has 3 aromatic carbocycles. The Balaban J connectivity index is 0.917. The van der Waals surface area contributed by atoms with E-state index < -0.39 is 0 Å². The van der Waals surface area contributed by atoms with Crippen molar-refractivity contribution >= 4 is 51.8 Å². The molecule has 1 aliphatic carbocycles. The molecule has 2 saturated heterocycles. The van der Waals surface area contributed by atoms with E-state index in [-0.39, 0.29) is 29.4 Å². The monoisotopic (exact) mass is 747 g/mol. The summed E-state index contributed by atoms with van der Waals surface area (Å²) in [6.07, 6.45) is 5.79. The van der Waals surface area contributed by atoms with Crippen LogP contribution in [0, 0.1) is 18.9 Å². The van der Waals surface area contributed by atoms with Crippen molar-refractivity contribution in [3.8, 4) is 10.4 Å². The average molecular weight is 748 g/mol. The zero-order valence-corrected chi connectivity index (χ0v) is 31.6. The van der Waals surface area contributed by atoms with Gasteiger partial charge in [-0.15, -0.1) is 11.3 Å². The van der Waals surface area contributed by atoms with Crippen molar-refractivity contribution in [1.82, 2.24) is 4.98 Å². The average Bonchev–Trinajstić information content (AvgIpc) is 3.82. The van der Waals surface area contributed by atoms with Crippen LogP contribution in [-0.4, -0.2) is 55.4 Å². The molecule has 10 heteroatoms. The zero-order valence-electron chi connectivity index (χ0n) is 30.8. The second-order valence-corrected chi connectivity index (χ2v) is 16.3. The van der Waals surface area contributed by atoms with Crippen molar-refractivity contribution in [2.24, 2.45) is 5.41 Å². The lowest BCUT2D eigenvalue weighted by Crippen LogP contribution is -2.59. The Hall–Kier alpha value is -5.63. The highest BCUT2D eigenvalue weighted by atomic mass is 32.1. The lowest BCUT2D eigenvalue weighted by molar-refractivity contribution is -0.000521. The van der Waals surface area contributed by atoms with Crippen LogP contribution in [0.1, 0.15) is 77.6 Å². The maximum absolute atomic E-state index is 14.2. The number of rotatable bonds is 7. The van der Waals surface area contributed by atoms with E-state index in [1.807, 2.05) is 60.4 Å². The van der Waals surface area contributed by atoms with E-state index in [0.717, 1.165) is 108 Å². The fourth-order valence-corrected chi connectivity index (χ4v) is 9.85. The number of carbonyl (C=O) groups is 3. The van der Waals surface area contributed by atoms with E-state index in [4.69, 9.17) is 16.3 Å². The number of benzene rings is 3. The van der Waals surface area contributed by atoms with Crippen LogP contribution in [0.4, 0.5) is 22.9 Å². The van der Waals surface area contributed by atoms with Gasteiger partial charge in [0.2, 0.25) is 0 Å². The first kappa shape index (κ1) is 35.1. The van der Waals surface area contributed by atoms with Crippen LogP contribution in [0.2, 0.25) is 0 Å². The maximum atomic E-state index is 14.2. The van der Waals surface area contributed by atoms with Gasteiger partial charge in [0.1, 0.15) is 5.82 Å². The third kappa shape index (κ3) is 6.51. The summed E-state index contributed by atoms with van der Waals surface area (Å²) in [5.41, 5.74) is 9.21. The quantitative estimate of drug-likeness (QED) is 0.132. The Morgan fingerprint density at radius 1 is 0.945 bits per heavy atom. The fraction of sp³-hybridized carbons (Fsp3) is 0.311. The number of aryl methyl sites for hydroxylation is 3. The van der Waals surface area contributed by atoms with Crippen LogP contribution in [0.5, 0.6) is 0 Å². The first-order chi connectivity index (χ1) is 26.8. The zero-order chi connectivity index (χ0) is 37.7. The van der Waals surface area contributed by atoms with Crippen LogP contribution >= 0.6 is 11.3 Å². The van der Waals surface area contributed by atoms with Crippen LogP contribution in [-0.2, 0) is 30.4 Å². The van der Waals surface area contributed by atoms with Crippen molar-refractivity contribution in [2.75, 3.05) is 48.0 Å². The van der Waals surface area contributed by atoms with Gasteiger partial charge < -0.3 is 19.9 Å². The molecular weight excluding hydrogens is 707 g/mol. The number of aromatic nitrogens is 1. The molecule has 4 aliphatic rings. The molecule has 1 spiro atoms. The summed E-state index contributed by atoms with van der Waals surface area (Å²) < 4.78 is 5.62. The number of nitrogens with zero attached hydrogens (tertiary/aromatic N) is 4. The number of nitrogens with one attached hydrogen (secondary N) is 1. The summed E-state index contributed by atoms with van der Waals surface area (Å²) in [5, 5.41) is 3.09. The minimum atomic E-state index is -0.194. The molecule has 0 saturated carbocycles. The number of hydrogen-bond acceptors (Lipinski definition) is 7. The molecule has 3 aliphatic heterocycles. The first-order valence-electron chi connectivity index (χ1n) is 19.1. The molecule has 9 nitrogen and oxygen atoms in total. The number of anilines is 3. The van der Waals surface area contributed by atoms with Gasteiger partial charge in [-0.3, -0.25) is 14.4 Å². The number of pyridine rings is 1. The highest BCUT2D eigenvalue weighted by Crippen LogP contribution is 2.44. The van der Waals surface area contributed by atoms with Gasteiger partial charge in [-0.1, -0.05) is 42.0 Å². The summed E-state index contributed by atoms with van der Waals surface area (Å²) in [4.78, 5) is 56.0. The molecule has 9 rings (SSSR count). The molecule has 55 heavy (non-hydrogen) atoms. The van der Waals surface area contributed by atoms with E-state index in [2.05, 4.69) is 15.1 Å². The van der Waals surface area contributed by atoms with Crippen molar-refractivity contribution in [1.29, 1.82) is 0 Å². The minimum Gasteiger partial charge on any atom is -0.381 e. The third-order valence-corrected chi connectivity index (χ3v) is 13.0. The van der Waals surface area contributed by atoms with Gasteiger partial charge >= 0.3 is 0 Å². The molecule has 5 aromatic rings. The number of carbonyl (C=O) groups excluding carboxylic acids is 3. The molecule has 0 atom stereocenters. The van der Waals surface area contributed by atoms with Crippen molar-refractivity contribution in [3.63, 3.8) is 0 Å². The fourth-order valence-electron chi connectivity index (χ4n) is 8.67. The maximum Gasteiger partial charge on any atom is 0.259 e. The van der Waals surface area contributed by atoms with E-state index in [9.17, 15) is 14.4 Å². The molecule has 0 radical (unpaired) electrons. The number of amides is 2. The molecule has 0 bridgehead atoms. The molecule has 2 fully saturated rings. The Morgan fingerprint density at radius 3 is 2.55 bits per heavy atom. The number of hydrogen-bond donors (Lipinski definition) is 1. The van der Waals surface area contributed by atoms with Gasteiger partial charge in [0.25, 0.3) is 11.8 Å². The van der Waals surface area contributed by atoms with E-state index in [1.165, 1.54) is 11.3 Å². The van der Waals surface area contributed by atoms with Crippen molar-refractivity contribution < 1.29 is 19.1 Å². The Kier molecular flexibility index (Phi) is 9.07. The predicted octanol–water partition coefficient (Wildman–Crippen LogP) is 8.66. The van der Waals surface area contributed by atoms with Gasteiger partial charge in [-0.05, 0) is 105 Å². The Labute approximate surface area is 324 Å². The summed E-state index contributed by atoms with van der Waals surface area (Å²) in [6.45, 7) is 13.3. The van der Waals surface area contributed by atoms with E-state index >= 15 is 0 Å². The van der Waals surface area contributed by atoms with Gasteiger partial charge in [0.05, 0.1) is 22.7 Å². The highest BCUT2D eigenvalue weighted by Gasteiger charge is 2.45. The summed E-state index contributed by atoms with van der Waals surface area (Å²) in [7, 11) is 0. The Morgan fingerprint density at radius 2 is 1.75 bits per heavy atom. The van der Waals surface area contributed by atoms with Crippen molar-refractivity contribution in [3.05, 3.63) is 134 Å². The lowest BCUT2D eigenvalue weighted by Gasteiger charge is -2.53. The van der Waals surface area contributed by atoms with Crippen LogP contribution in [0.25, 0.3) is 15.3 Å². The smallest absolute Gasteiger partial charge is 0.259 e. The summed E-state index contributed by atoms with van der Waals surface area (Å²) in [5.74, 6) is 0.434. The number of para-hydroxylation sites is 1. The summed E-state index contributed by atoms with van der Waals surface area (Å²) >= 11 is 1.46. The van der Waals surface area contributed by atoms with E-state index in [0.29, 0.717) is 40.3 Å². The number of Topliss-reactive ketones (excluding diaryl/α,β-unsaturated/α-hetero) is 1. The standard InChI is InChI=1S/C45H41N5O4S/c1-28-7-5-11-37(46-2)34(28)25-39(51)40-24-31-17-20-50(38-12-4-3-9-33(38)41(31)55-40)44(53)29-13-15-32(16-14-29)47-43(52)35-23-30-8-6-10-36(30)48-42(35)49-26-45(27-49)18-21-54-22-19-45/h3-5,7,9,11-16,23-24H,6,8,10,17-22,25-27H2,1H3,(H,47,52). The molecule has 1 N–H and O–H groups in total. The molecule has 2 amide bonds. The number of thiophene rings is 1. The molecule has 276 valence electrons. The largest absolute Gasteiger partial charge is 0.381 e. The minimum absolute atomic E-state index is 0.0116. The third-order valence-electron chi connectivity index (χ3n) is 11.8. The second kappa shape index (κ2) is 14.2. The van der Waals surface area contributed by atoms with Gasteiger partial charge in [-0.25, -0.2) is 9.83 Å². The molecular formula is C45H41N5O4S. The normalized spacial score (nSPS) is 16.7. The number of ether oxygens (including phenoxy) is 1. The van der Waals surface area contributed by atoms with Gasteiger partial charge in [0.15, 0.2) is 11.5 Å². The van der Waals surface area contributed by atoms with E-state index in [1.54, 1.807) is 30.3 Å². The molecule has 2 aromatic heterocycles. The molecule has 0 unspecified atom stereocenters. The topological polar surface area (TPSA) is 96.2 Å². The summed E-state index contributed by atoms with van der Waals surface area (Å²) in [6, 6.07) is 24.5. The molecule has 5 heterocycles. The van der Waals surface area contributed by atoms with Crippen LogP contribution in [0.3, 0.4) is 0 Å². The SMILES string of the molecule is [C-]#[N+]c1cccc(C)c1CC(=O)c1cc2c(s1)-c1ccccc1N(C(=O)c1ccc(NC(=O)c3cc4c(nc3N3CC5(CCOCC5)C3)CCC4)cc1)CC2. The second-order valence-electron chi connectivity index (χ2n) is 15.3. The highest BCUT2D eigenvalue weighted by molar-refractivity contribution is 7.17.